The highest BCUT2D eigenvalue weighted by molar-refractivity contribution is 6.06. The average Bonchev–Trinajstić information content (AvgIpc) is 2.65. The van der Waals surface area contributed by atoms with Crippen LogP contribution in [-0.2, 0) is 11.2 Å². The number of aryl methyl sites for hydroxylation is 1. The van der Waals surface area contributed by atoms with Gasteiger partial charge in [0.05, 0.1) is 25.0 Å². The molecule has 138 valence electrons. The van der Waals surface area contributed by atoms with Gasteiger partial charge in [0.25, 0.3) is 5.91 Å². The molecule has 26 heavy (non-hydrogen) atoms. The number of ether oxygens (including phenoxy) is 2. The van der Waals surface area contributed by atoms with Crippen LogP contribution in [0.4, 0.5) is 5.69 Å². The van der Waals surface area contributed by atoms with Crippen molar-refractivity contribution in [3.05, 3.63) is 53.6 Å². The zero-order chi connectivity index (χ0) is 18.9. The van der Waals surface area contributed by atoms with Gasteiger partial charge in [-0.05, 0) is 42.7 Å². The van der Waals surface area contributed by atoms with E-state index in [0.29, 0.717) is 35.8 Å². The number of aliphatic carboxylic acids is 1. The lowest BCUT2D eigenvalue weighted by Crippen LogP contribution is -2.14. The smallest absolute Gasteiger partial charge is 0.303 e. The minimum Gasteiger partial charge on any atom is -0.496 e. The third-order valence-corrected chi connectivity index (χ3v) is 3.73. The van der Waals surface area contributed by atoms with Crippen LogP contribution in [0.1, 0.15) is 35.7 Å². The molecule has 0 saturated heterocycles. The highest BCUT2D eigenvalue weighted by Crippen LogP contribution is 2.28. The maximum Gasteiger partial charge on any atom is 0.303 e. The van der Waals surface area contributed by atoms with E-state index in [9.17, 15) is 9.59 Å². The third-order valence-electron chi connectivity index (χ3n) is 3.73. The number of anilines is 1. The van der Waals surface area contributed by atoms with Gasteiger partial charge in [-0.25, -0.2) is 0 Å². The Balaban J connectivity index is 2.27. The van der Waals surface area contributed by atoms with E-state index in [4.69, 9.17) is 14.6 Å². The number of carbonyl (C=O) groups excluding carboxylic acids is 1. The van der Waals surface area contributed by atoms with Gasteiger partial charge in [-0.15, -0.1) is 0 Å². The predicted octanol–water partition coefficient (Wildman–Crippen LogP) is 3.75. The van der Waals surface area contributed by atoms with Crippen molar-refractivity contribution in [3.63, 3.8) is 0 Å². The molecule has 1 amide bonds. The number of nitrogens with one attached hydrogen (secondary N) is 1. The second kappa shape index (κ2) is 9.46. The molecule has 0 aliphatic rings. The van der Waals surface area contributed by atoms with Crippen LogP contribution in [0.15, 0.2) is 42.5 Å². The minimum absolute atomic E-state index is 0.0229. The number of carboxylic acid groups (broad SMARTS) is 1. The molecule has 2 aromatic carbocycles. The maximum atomic E-state index is 12.7. The van der Waals surface area contributed by atoms with Crippen molar-refractivity contribution in [1.29, 1.82) is 0 Å². The Morgan fingerprint density at radius 1 is 1.12 bits per heavy atom. The van der Waals surface area contributed by atoms with E-state index in [1.807, 2.05) is 13.0 Å². The molecule has 2 aromatic rings. The van der Waals surface area contributed by atoms with Crippen LogP contribution in [-0.4, -0.2) is 30.7 Å². The standard InChI is InChI=1S/C20H23NO5/c1-3-12-26-18-10-8-14(9-11-19(22)23)13-16(18)21-20(24)15-6-4-5-7-17(15)25-2/h4-8,10,13H,3,9,11-12H2,1-2H3,(H,21,24)(H,22,23). The highest BCUT2D eigenvalue weighted by Gasteiger charge is 2.15. The Labute approximate surface area is 152 Å². The predicted molar refractivity (Wildman–Crippen MR) is 99.1 cm³/mol. The van der Waals surface area contributed by atoms with Gasteiger partial charge in [0.1, 0.15) is 11.5 Å². The van der Waals surface area contributed by atoms with Crippen molar-refractivity contribution < 1.29 is 24.2 Å². The summed E-state index contributed by atoms with van der Waals surface area (Å²) in [4.78, 5) is 23.4. The van der Waals surface area contributed by atoms with Gasteiger partial charge in [0.15, 0.2) is 0 Å². The Morgan fingerprint density at radius 3 is 2.58 bits per heavy atom. The van der Waals surface area contributed by atoms with Crippen molar-refractivity contribution in [2.24, 2.45) is 0 Å². The Kier molecular flexibility index (Phi) is 7.02. The van der Waals surface area contributed by atoms with Crippen molar-refractivity contribution in [3.8, 4) is 11.5 Å². The van der Waals surface area contributed by atoms with E-state index in [0.717, 1.165) is 12.0 Å². The molecular formula is C20H23NO5. The molecule has 0 aliphatic heterocycles. The summed E-state index contributed by atoms with van der Waals surface area (Å²) in [7, 11) is 1.51. The van der Waals surface area contributed by atoms with Crippen LogP contribution >= 0.6 is 0 Å². The van der Waals surface area contributed by atoms with E-state index >= 15 is 0 Å². The van der Waals surface area contributed by atoms with Crippen LogP contribution in [0.3, 0.4) is 0 Å². The first kappa shape index (κ1) is 19.3. The molecule has 0 saturated carbocycles. The van der Waals surface area contributed by atoms with Gasteiger partial charge in [-0.2, -0.15) is 0 Å². The number of amides is 1. The molecule has 6 heteroatoms. The minimum atomic E-state index is -0.865. The molecule has 0 atom stereocenters. The summed E-state index contributed by atoms with van der Waals surface area (Å²) >= 11 is 0. The van der Waals surface area contributed by atoms with E-state index in [-0.39, 0.29) is 12.3 Å². The normalized spacial score (nSPS) is 10.2. The number of hydrogen-bond acceptors (Lipinski definition) is 4. The van der Waals surface area contributed by atoms with Gasteiger partial charge in [0, 0.05) is 6.42 Å². The number of para-hydroxylation sites is 1. The molecule has 0 heterocycles. The van der Waals surface area contributed by atoms with Crippen LogP contribution < -0.4 is 14.8 Å². The molecule has 0 spiro atoms. The van der Waals surface area contributed by atoms with Gasteiger partial charge in [-0.3, -0.25) is 9.59 Å². The van der Waals surface area contributed by atoms with Crippen molar-refractivity contribution in [1.82, 2.24) is 0 Å². The molecule has 0 aromatic heterocycles. The summed E-state index contributed by atoms with van der Waals surface area (Å²) in [6.07, 6.45) is 1.23. The Morgan fingerprint density at radius 2 is 1.88 bits per heavy atom. The largest absolute Gasteiger partial charge is 0.496 e. The molecule has 6 nitrogen and oxygen atoms in total. The zero-order valence-electron chi connectivity index (χ0n) is 15.0. The molecular weight excluding hydrogens is 334 g/mol. The second-order valence-electron chi connectivity index (χ2n) is 5.73. The van der Waals surface area contributed by atoms with E-state index in [1.165, 1.54) is 7.11 Å². The fourth-order valence-corrected chi connectivity index (χ4v) is 2.44. The quantitative estimate of drug-likeness (QED) is 0.714. The number of benzene rings is 2. The summed E-state index contributed by atoms with van der Waals surface area (Å²) in [6.45, 7) is 2.51. The Hall–Kier alpha value is -3.02. The summed E-state index contributed by atoms with van der Waals surface area (Å²) in [6, 6.07) is 12.3. The summed E-state index contributed by atoms with van der Waals surface area (Å²) in [5.41, 5.74) is 1.73. The lowest BCUT2D eigenvalue weighted by Gasteiger charge is -2.15. The first-order chi connectivity index (χ1) is 12.5. The first-order valence-electron chi connectivity index (χ1n) is 8.47. The maximum absolute atomic E-state index is 12.7. The van der Waals surface area contributed by atoms with Crippen LogP contribution in [0.25, 0.3) is 0 Å². The van der Waals surface area contributed by atoms with E-state index < -0.39 is 5.97 Å². The number of carboxylic acids is 1. The zero-order valence-corrected chi connectivity index (χ0v) is 15.0. The molecule has 0 bridgehead atoms. The lowest BCUT2D eigenvalue weighted by atomic mass is 10.1. The van der Waals surface area contributed by atoms with Gasteiger partial charge in [-0.1, -0.05) is 25.1 Å². The molecule has 2 N–H and O–H groups in total. The van der Waals surface area contributed by atoms with Crippen molar-refractivity contribution >= 4 is 17.6 Å². The van der Waals surface area contributed by atoms with E-state index in [1.54, 1.807) is 36.4 Å². The lowest BCUT2D eigenvalue weighted by molar-refractivity contribution is -0.136. The number of methoxy groups -OCH3 is 1. The molecule has 2 rings (SSSR count). The monoisotopic (exact) mass is 357 g/mol. The van der Waals surface area contributed by atoms with Crippen LogP contribution in [0.2, 0.25) is 0 Å². The van der Waals surface area contributed by atoms with Crippen molar-refractivity contribution in [2.75, 3.05) is 19.0 Å². The first-order valence-corrected chi connectivity index (χ1v) is 8.47. The Bertz CT molecular complexity index is 773. The highest BCUT2D eigenvalue weighted by atomic mass is 16.5. The van der Waals surface area contributed by atoms with Gasteiger partial charge in [0.2, 0.25) is 0 Å². The van der Waals surface area contributed by atoms with Gasteiger partial charge >= 0.3 is 5.97 Å². The second-order valence-corrected chi connectivity index (χ2v) is 5.73. The molecule has 0 aliphatic carbocycles. The number of hydrogen-bond donors (Lipinski definition) is 2. The number of rotatable bonds is 9. The third kappa shape index (κ3) is 5.24. The van der Waals surface area contributed by atoms with E-state index in [2.05, 4.69) is 5.32 Å². The summed E-state index contributed by atoms with van der Waals surface area (Å²) in [5.74, 6) is -0.160. The topological polar surface area (TPSA) is 84.9 Å². The SMILES string of the molecule is CCCOc1ccc(CCC(=O)O)cc1NC(=O)c1ccccc1OC. The average molecular weight is 357 g/mol. The molecule has 0 fully saturated rings. The van der Waals surface area contributed by atoms with Gasteiger partial charge < -0.3 is 19.9 Å². The van der Waals surface area contributed by atoms with Crippen LogP contribution in [0, 0.1) is 0 Å². The van der Waals surface area contributed by atoms with Crippen molar-refractivity contribution in [2.45, 2.75) is 26.2 Å². The molecule has 0 unspecified atom stereocenters. The molecule has 0 radical (unpaired) electrons. The summed E-state index contributed by atoms with van der Waals surface area (Å²) in [5, 5.41) is 11.7. The fraction of sp³-hybridized carbons (Fsp3) is 0.300. The van der Waals surface area contributed by atoms with Crippen LogP contribution in [0.5, 0.6) is 11.5 Å². The fourth-order valence-electron chi connectivity index (χ4n) is 2.44. The summed E-state index contributed by atoms with van der Waals surface area (Å²) < 4.78 is 10.9. The number of carbonyl (C=O) groups is 2.